The minimum atomic E-state index is -0.249. The van der Waals surface area contributed by atoms with Gasteiger partial charge in [-0.05, 0) is 80.1 Å². The van der Waals surface area contributed by atoms with E-state index in [1.807, 2.05) is 0 Å². The van der Waals surface area contributed by atoms with Crippen LogP contribution in [0.2, 0.25) is 0 Å². The number of nitrogens with zero attached hydrogens (tertiary/aromatic N) is 1. The number of hydrogen-bond acceptors (Lipinski definition) is 4. The van der Waals surface area contributed by atoms with Gasteiger partial charge >= 0.3 is 5.97 Å². The molecule has 3 fully saturated rings. The van der Waals surface area contributed by atoms with Gasteiger partial charge in [0.15, 0.2) is 0 Å². The molecule has 3 saturated carbocycles. The topological polar surface area (TPSA) is 69.4 Å². The number of ether oxygens (including phenoxy) is 1. The number of esters is 1. The van der Waals surface area contributed by atoms with Gasteiger partial charge in [0, 0.05) is 13.3 Å². The van der Waals surface area contributed by atoms with Crippen LogP contribution < -0.4 is 0 Å². The van der Waals surface area contributed by atoms with E-state index in [-0.39, 0.29) is 39.4 Å². The SMILES string of the molecule is C=C([C@H]1CC[C@H]2[C@@H]3CC=C4C[C@@H](OC(C)=O)CC[C@]4(C)[C@H]3CC[C@]12C)[N+](=O)[O-]. The van der Waals surface area contributed by atoms with Crippen molar-refractivity contribution in [2.45, 2.75) is 78.2 Å². The van der Waals surface area contributed by atoms with E-state index in [1.165, 1.54) is 12.5 Å². The molecule has 5 nitrogen and oxygen atoms in total. The molecule has 4 aliphatic carbocycles. The Balaban J connectivity index is 1.58. The van der Waals surface area contributed by atoms with Gasteiger partial charge < -0.3 is 4.74 Å². The zero-order valence-electron chi connectivity index (χ0n) is 17.4. The van der Waals surface area contributed by atoms with Crippen LogP contribution in [0.1, 0.15) is 72.1 Å². The van der Waals surface area contributed by atoms with Crippen molar-refractivity contribution in [1.82, 2.24) is 0 Å². The second kappa shape index (κ2) is 6.70. The van der Waals surface area contributed by atoms with E-state index in [0.29, 0.717) is 17.8 Å². The third kappa shape index (κ3) is 2.84. The predicted octanol–water partition coefficient (Wildman–Crippen LogP) is 5.29. The molecule has 0 aliphatic heterocycles. The maximum Gasteiger partial charge on any atom is 0.302 e. The molecule has 0 heterocycles. The molecule has 0 radical (unpaired) electrons. The second-order valence-electron chi connectivity index (χ2n) is 10.2. The summed E-state index contributed by atoms with van der Waals surface area (Å²) in [6.07, 6.45) is 10.6. The summed E-state index contributed by atoms with van der Waals surface area (Å²) >= 11 is 0. The Bertz CT molecular complexity index is 743. The van der Waals surface area contributed by atoms with Crippen LogP contribution in [0.15, 0.2) is 23.9 Å². The van der Waals surface area contributed by atoms with Gasteiger partial charge in [-0.1, -0.05) is 25.5 Å². The van der Waals surface area contributed by atoms with E-state index in [1.54, 1.807) is 0 Å². The number of carbonyl (C=O) groups is 1. The molecule has 0 aromatic rings. The molecule has 154 valence electrons. The van der Waals surface area contributed by atoms with Crippen LogP contribution in [-0.2, 0) is 9.53 Å². The third-order valence-corrected chi connectivity index (χ3v) is 9.03. The Labute approximate surface area is 167 Å². The molecular formula is C23H33NO4. The molecule has 0 saturated heterocycles. The molecule has 28 heavy (non-hydrogen) atoms. The first-order chi connectivity index (χ1) is 13.2. The monoisotopic (exact) mass is 387 g/mol. The average Bonchev–Trinajstić information content (AvgIpc) is 2.98. The maximum atomic E-state index is 11.4. The third-order valence-electron chi connectivity index (χ3n) is 9.03. The summed E-state index contributed by atoms with van der Waals surface area (Å²) in [5.74, 6) is 1.65. The summed E-state index contributed by atoms with van der Waals surface area (Å²) in [6.45, 7) is 10.0. The lowest BCUT2D eigenvalue weighted by Gasteiger charge is -2.57. The zero-order chi connectivity index (χ0) is 20.3. The van der Waals surface area contributed by atoms with Crippen LogP contribution in [0.3, 0.4) is 0 Å². The largest absolute Gasteiger partial charge is 0.462 e. The van der Waals surface area contributed by atoms with Crippen LogP contribution in [0.25, 0.3) is 0 Å². The fraction of sp³-hybridized carbons (Fsp3) is 0.783. The van der Waals surface area contributed by atoms with E-state index in [9.17, 15) is 14.9 Å². The Morgan fingerprint density at radius 1 is 1.21 bits per heavy atom. The molecule has 7 atom stereocenters. The molecule has 0 N–H and O–H groups in total. The summed E-state index contributed by atoms with van der Waals surface area (Å²) in [6, 6.07) is 0. The molecule has 0 unspecified atom stereocenters. The molecule has 4 rings (SSSR count). The Morgan fingerprint density at radius 2 is 1.96 bits per heavy atom. The highest BCUT2D eigenvalue weighted by Gasteiger charge is 2.60. The van der Waals surface area contributed by atoms with Gasteiger partial charge in [-0.25, -0.2) is 0 Å². The van der Waals surface area contributed by atoms with E-state index in [4.69, 9.17) is 4.74 Å². The summed E-state index contributed by atoms with van der Waals surface area (Å²) in [5, 5.41) is 11.4. The van der Waals surface area contributed by atoms with Crippen molar-refractivity contribution in [1.29, 1.82) is 0 Å². The highest BCUT2D eigenvalue weighted by molar-refractivity contribution is 5.66. The van der Waals surface area contributed by atoms with Crippen molar-refractivity contribution in [2.75, 3.05) is 0 Å². The Morgan fingerprint density at radius 3 is 2.64 bits per heavy atom. The van der Waals surface area contributed by atoms with Crippen LogP contribution in [0, 0.1) is 44.6 Å². The van der Waals surface area contributed by atoms with Crippen LogP contribution in [0.4, 0.5) is 0 Å². The first kappa shape index (κ1) is 19.7. The fourth-order valence-electron chi connectivity index (χ4n) is 7.64. The zero-order valence-corrected chi connectivity index (χ0v) is 17.4. The van der Waals surface area contributed by atoms with Crippen molar-refractivity contribution < 1.29 is 14.5 Å². The van der Waals surface area contributed by atoms with E-state index in [0.717, 1.165) is 51.4 Å². The van der Waals surface area contributed by atoms with Crippen molar-refractivity contribution in [3.63, 3.8) is 0 Å². The van der Waals surface area contributed by atoms with Crippen molar-refractivity contribution in [3.8, 4) is 0 Å². The molecule has 0 aromatic carbocycles. The fourth-order valence-corrected chi connectivity index (χ4v) is 7.64. The number of rotatable bonds is 3. The number of nitro groups is 1. The molecule has 0 amide bonds. The Kier molecular flexibility index (Phi) is 4.71. The van der Waals surface area contributed by atoms with Gasteiger partial charge in [-0.3, -0.25) is 14.9 Å². The lowest BCUT2D eigenvalue weighted by Crippen LogP contribution is -2.50. The highest BCUT2D eigenvalue weighted by atomic mass is 16.6. The average molecular weight is 388 g/mol. The van der Waals surface area contributed by atoms with Gasteiger partial charge in [-0.15, -0.1) is 0 Å². The van der Waals surface area contributed by atoms with Gasteiger partial charge in [0.05, 0.1) is 10.8 Å². The molecule has 0 spiro atoms. The molecular weight excluding hydrogens is 354 g/mol. The lowest BCUT2D eigenvalue weighted by atomic mass is 9.47. The second-order valence-corrected chi connectivity index (χ2v) is 10.2. The van der Waals surface area contributed by atoms with Crippen molar-refractivity contribution >= 4 is 5.97 Å². The van der Waals surface area contributed by atoms with E-state index in [2.05, 4.69) is 26.5 Å². The van der Waals surface area contributed by atoms with Gasteiger partial charge in [0.25, 0.3) is 0 Å². The van der Waals surface area contributed by atoms with Gasteiger partial charge in [0.1, 0.15) is 6.10 Å². The van der Waals surface area contributed by atoms with Crippen LogP contribution >= 0.6 is 0 Å². The van der Waals surface area contributed by atoms with Crippen LogP contribution in [-0.4, -0.2) is 17.0 Å². The standard InChI is InChI=1S/C23H33NO4/c1-14(24(26)27)19-7-8-20-18-6-5-16-13-17(28-15(2)25)9-11-22(16,3)21(18)10-12-23(19,20)4/h5,17-21H,1,6-13H2,2-4H3/t17-,18-,19+,20-,21-,22-,23+/m0/s1. The molecule has 5 heteroatoms. The minimum absolute atomic E-state index is 0.0158. The normalized spacial score (nSPS) is 44.5. The van der Waals surface area contributed by atoms with E-state index >= 15 is 0 Å². The summed E-state index contributed by atoms with van der Waals surface area (Å²) in [5.41, 5.74) is 1.92. The smallest absolute Gasteiger partial charge is 0.302 e. The molecule has 0 aromatic heterocycles. The predicted molar refractivity (Wildman–Crippen MR) is 107 cm³/mol. The quantitative estimate of drug-likeness (QED) is 0.286. The summed E-state index contributed by atoms with van der Waals surface area (Å²) in [7, 11) is 0. The molecule has 0 bridgehead atoms. The maximum absolute atomic E-state index is 11.4. The number of hydrogen-bond donors (Lipinski definition) is 0. The number of fused-ring (bicyclic) bond motifs is 5. The van der Waals surface area contributed by atoms with Crippen molar-refractivity contribution in [2.24, 2.45) is 34.5 Å². The first-order valence-electron chi connectivity index (χ1n) is 10.9. The number of carbonyl (C=O) groups excluding carboxylic acids is 1. The summed E-state index contributed by atoms with van der Waals surface area (Å²) < 4.78 is 5.52. The van der Waals surface area contributed by atoms with Crippen molar-refractivity contribution in [3.05, 3.63) is 34.0 Å². The first-order valence-corrected chi connectivity index (χ1v) is 10.9. The molecule has 4 aliphatic rings. The highest BCUT2D eigenvalue weighted by Crippen LogP contribution is 2.67. The Hall–Kier alpha value is -1.65. The minimum Gasteiger partial charge on any atom is -0.462 e. The summed E-state index contributed by atoms with van der Waals surface area (Å²) in [4.78, 5) is 22.5. The van der Waals surface area contributed by atoms with Gasteiger partial charge in [0.2, 0.25) is 5.70 Å². The lowest BCUT2D eigenvalue weighted by molar-refractivity contribution is -0.436. The van der Waals surface area contributed by atoms with Crippen LogP contribution in [0.5, 0.6) is 0 Å². The number of allylic oxidation sites excluding steroid dienone is 2. The van der Waals surface area contributed by atoms with E-state index < -0.39 is 0 Å². The van der Waals surface area contributed by atoms with Gasteiger partial charge in [-0.2, -0.15) is 0 Å².